The van der Waals surface area contributed by atoms with Crippen molar-refractivity contribution in [3.8, 4) is 0 Å². The largest absolute Gasteiger partial charge is 0.347 e. The Labute approximate surface area is 107 Å². The molecule has 0 aliphatic carbocycles. The summed E-state index contributed by atoms with van der Waals surface area (Å²) in [5, 5.41) is 3.15. The summed E-state index contributed by atoms with van der Waals surface area (Å²) in [5.74, 6) is 0.752. The molecule has 3 atom stereocenters. The summed E-state index contributed by atoms with van der Waals surface area (Å²) in [6.07, 6.45) is 1.24. The number of carbonyl (C=O) groups excluding carboxylic acids is 1. The lowest BCUT2D eigenvalue weighted by atomic mass is 10.00. The van der Waals surface area contributed by atoms with Crippen molar-refractivity contribution < 1.29 is 4.79 Å². The van der Waals surface area contributed by atoms with Gasteiger partial charge in [0, 0.05) is 19.1 Å². The summed E-state index contributed by atoms with van der Waals surface area (Å²) in [7, 11) is 0. The van der Waals surface area contributed by atoms with Crippen LogP contribution in [-0.2, 0) is 0 Å². The maximum absolute atomic E-state index is 12.0. The molecule has 0 saturated carbocycles. The highest BCUT2D eigenvalue weighted by atomic mass is 79.9. The van der Waals surface area contributed by atoms with Gasteiger partial charge in [0.1, 0.15) is 0 Å². The lowest BCUT2D eigenvalue weighted by Crippen LogP contribution is -2.42. The zero-order chi connectivity index (χ0) is 11.1. The van der Waals surface area contributed by atoms with Gasteiger partial charge in [0.05, 0.1) is 8.66 Å². The SMILES string of the molecule is O=C(NC1CN2CCC1C2)c1ccc(Br)s1. The normalized spacial score (nSPS) is 31.9. The number of halogens is 1. The molecule has 3 nitrogen and oxygen atoms in total. The van der Waals surface area contributed by atoms with Gasteiger partial charge in [-0.15, -0.1) is 11.3 Å². The molecule has 1 aromatic heterocycles. The molecular formula is C11H13BrN2OS. The molecule has 16 heavy (non-hydrogen) atoms. The van der Waals surface area contributed by atoms with E-state index in [2.05, 4.69) is 26.1 Å². The molecule has 1 amide bonds. The van der Waals surface area contributed by atoms with Crippen molar-refractivity contribution in [1.82, 2.24) is 10.2 Å². The molecule has 3 rings (SSSR count). The molecule has 86 valence electrons. The van der Waals surface area contributed by atoms with E-state index in [1.165, 1.54) is 30.8 Å². The smallest absolute Gasteiger partial charge is 0.261 e. The molecule has 1 aromatic rings. The topological polar surface area (TPSA) is 32.3 Å². The van der Waals surface area contributed by atoms with Gasteiger partial charge >= 0.3 is 0 Å². The van der Waals surface area contributed by atoms with Gasteiger partial charge in [0.25, 0.3) is 5.91 Å². The highest BCUT2D eigenvalue weighted by Gasteiger charge is 2.38. The molecule has 2 saturated heterocycles. The summed E-state index contributed by atoms with van der Waals surface area (Å²) in [6, 6.07) is 4.16. The van der Waals surface area contributed by atoms with Crippen LogP contribution in [0.4, 0.5) is 0 Å². The first-order chi connectivity index (χ1) is 7.72. The van der Waals surface area contributed by atoms with Gasteiger partial charge in [-0.25, -0.2) is 0 Å². The van der Waals surface area contributed by atoms with E-state index in [0.717, 1.165) is 15.2 Å². The van der Waals surface area contributed by atoms with Crippen LogP contribution in [0.25, 0.3) is 0 Å². The van der Waals surface area contributed by atoms with Gasteiger partial charge in [-0.1, -0.05) is 0 Å². The summed E-state index contributed by atoms with van der Waals surface area (Å²) < 4.78 is 1.01. The molecule has 2 aliphatic heterocycles. The Kier molecular flexibility index (Phi) is 2.77. The van der Waals surface area contributed by atoms with E-state index < -0.39 is 0 Å². The van der Waals surface area contributed by atoms with Crippen LogP contribution in [0.3, 0.4) is 0 Å². The molecule has 5 heteroatoms. The van der Waals surface area contributed by atoms with Crippen LogP contribution < -0.4 is 5.32 Å². The Morgan fingerprint density at radius 2 is 2.38 bits per heavy atom. The van der Waals surface area contributed by atoms with E-state index in [1.807, 2.05) is 12.1 Å². The Morgan fingerprint density at radius 3 is 2.94 bits per heavy atom. The third kappa shape index (κ3) is 1.92. The zero-order valence-corrected chi connectivity index (χ0v) is 11.2. The summed E-state index contributed by atoms with van der Waals surface area (Å²) in [5.41, 5.74) is 0. The molecule has 2 fully saturated rings. The Morgan fingerprint density at radius 1 is 1.50 bits per heavy atom. The molecule has 3 unspecified atom stereocenters. The third-order valence-corrected chi connectivity index (χ3v) is 5.07. The molecule has 2 aliphatic rings. The summed E-state index contributed by atoms with van der Waals surface area (Å²) >= 11 is 4.87. The molecule has 0 aromatic carbocycles. The van der Waals surface area contributed by atoms with Crippen LogP contribution >= 0.6 is 27.3 Å². The van der Waals surface area contributed by atoms with Crippen molar-refractivity contribution in [2.24, 2.45) is 5.92 Å². The summed E-state index contributed by atoms with van der Waals surface area (Å²) in [4.78, 5) is 15.2. The monoisotopic (exact) mass is 300 g/mol. The van der Waals surface area contributed by atoms with Crippen LogP contribution in [-0.4, -0.2) is 36.5 Å². The lowest BCUT2D eigenvalue weighted by molar-refractivity contribution is 0.0928. The molecule has 1 N–H and O–H groups in total. The average Bonchev–Trinajstić information content (AvgIpc) is 2.92. The average molecular weight is 301 g/mol. The number of nitrogens with one attached hydrogen (secondary N) is 1. The molecule has 3 heterocycles. The van der Waals surface area contributed by atoms with Gasteiger partial charge in [-0.3, -0.25) is 4.79 Å². The van der Waals surface area contributed by atoms with Crippen molar-refractivity contribution >= 4 is 33.2 Å². The standard InChI is InChI=1S/C11H13BrN2OS/c12-10-2-1-9(16-10)11(15)13-8-6-14-4-3-7(8)5-14/h1-2,7-8H,3-6H2,(H,13,15). The predicted octanol–water partition coefficient (Wildman–Crippen LogP) is 1.94. The minimum Gasteiger partial charge on any atom is -0.347 e. The van der Waals surface area contributed by atoms with Crippen LogP contribution in [0.15, 0.2) is 15.9 Å². The first-order valence-corrected chi connectivity index (χ1v) is 7.12. The van der Waals surface area contributed by atoms with Crippen molar-refractivity contribution in [2.45, 2.75) is 12.5 Å². The molecule has 0 radical (unpaired) electrons. The Hall–Kier alpha value is -0.390. The number of thiophene rings is 1. The highest BCUT2D eigenvalue weighted by molar-refractivity contribution is 9.11. The number of hydrogen-bond donors (Lipinski definition) is 1. The number of amides is 1. The van der Waals surface area contributed by atoms with Crippen molar-refractivity contribution in [1.29, 1.82) is 0 Å². The molecule has 0 spiro atoms. The minimum absolute atomic E-state index is 0.0782. The van der Waals surface area contributed by atoms with Gasteiger partial charge in [-0.2, -0.15) is 0 Å². The maximum Gasteiger partial charge on any atom is 0.261 e. The maximum atomic E-state index is 12.0. The van der Waals surface area contributed by atoms with Gasteiger partial charge in [0.15, 0.2) is 0 Å². The highest BCUT2D eigenvalue weighted by Crippen LogP contribution is 2.28. The first kappa shape index (κ1) is 10.7. The van der Waals surface area contributed by atoms with Crippen LogP contribution in [0.5, 0.6) is 0 Å². The quantitative estimate of drug-likeness (QED) is 0.905. The number of carbonyl (C=O) groups is 1. The number of rotatable bonds is 2. The van der Waals surface area contributed by atoms with Crippen molar-refractivity contribution in [3.63, 3.8) is 0 Å². The Bertz CT molecular complexity index is 420. The van der Waals surface area contributed by atoms with Crippen LogP contribution in [0.1, 0.15) is 16.1 Å². The number of hydrogen-bond acceptors (Lipinski definition) is 3. The van der Waals surface area contributed by atoms with E-state index in [9.17, 15) is 4.79 Å². The Balaban J connectivity index is 1.65. The zero-order valence-electron chi connectivity index (χ0n) is 8.78. The fourth-order valence-electron chi connectivity index (χ4n) is 2.62. The predicted molar refractivity (Wildman–Crippen MR) is 67.8 cm³/mol. The van der Waals surface area contributed by atoms with Gasteiger partial charge in [0.2, 0.25) is 0 Å². The number of piperidine rings is 1. The number of fused-ring (bicyclic) bond motifs is 2. The van der Waals surface area contributed by atoms with Gasteiger partial charge < -0.3 is 10.2 Å². The summed E-state index contributed by atoms with van der Waals surface area (Å²) in [6.45, 7) is 3.41. The fourth-order valence-corrected chi connectivity index (χ4v) is 3.91. The lowest BCUT2D eigenvalue weighted by Gasteiger charge is -2.22. The van der Waals surface area contributed by atoms with E-state index >= 15 is 0 Å². The van der Waals surface area contributed by atoms with Crippen molar-refractivity contribution in [2.75, 3.05) is 19.6 Å². The first-order valence-electron chi connectivity index (χ1n) is 5.51. The minimum atomic E-state index is 0.0782. The second-order valence-electron chi connectivity index (χ2n) is 4.49. The second kappa shape index (κ2) is 4.13. The van der Waals surface area contributed by atoms with E-state index in [0.29, 0.717) is 12.0 Å². The van der Waals surface area contributed by atoms with E-state index in [-0.39, 0.29) is 5.91 Å². The number of nitrogens with zero attached hydrogens (tertiary/aromatic N) is 1. The fraction of sp³-hybridized carbons (Fsp3) is 0.545. The second-order valence-corrected chi connectivity index (χ2v) is 6.96. The molecule has 2 bridgehead atoms. The van der Waals surface area contributed by atoms with Gasteiger partial charge in [-0.05, 0) is 46.9 Å². The van der Waals surface area contributed by atoms with Crippen LogP contribution in [0.2, 0.25) is 0 Å². The molecular weight excluding hydrogens is 288 g/mol. The van der Waals surface area contributed by atoms with Crippen LogP contribution in [0, 0.1) is 5.92 Å². The van der Waals surface area contributed by atoms with E-state index in [1.54, 1.807) is 0 Å². The third-order valence-electron chi connectivity index (χ3n) is 3.45. The van der Waals surface area contributed by atoms with E-state index in [4.69, 9.17) is 0 Å². The van der Waals surface area contributed by atoms with Crippen molar-refractivity contribution in [3.05, 3.63) is 20.8 Å².